The first-order valence-corrected chi connectivity index (χ1v) is 9.39. The maximum Gasteiger partial charge on any atom is 0.165 e. The SMILES string of the molecule is COc1ccc2c(c1OC)C(CCCl)SC(C1CCCC1)=C2. The Labute approximate surface area is 142 Å². The standard InChI is InChI=1S/C18H23ClO2S/c1-20-14-8-7-13-11-16(12-5-3-4-6-12)22-15(9-10-19)17(13)18(14)21-2/h7-8,11-12,15H,3-6,9-10H2,1-2H3. The van der Waals surface area contributed by atoms with Crippen LogP contribution in [0.4, 0.5) is 0 Å². The third kappa shape index (κ3) is 2.98. The van der Waals surface area contributed by atoms with Crippen molar-refractivity contribution in [3.63, 3.8) is 0 Å². The van der Waals surface area contributed by atoms with E-state index in [-0.39, 0.29) is 0 Å². The number of hydrogen-bond acceptors (Lipinski definition) is 3. The second-order valence-corrected chi connectivity index (χ2v) is 7.57. The molecular weight excluding hydrogens is 316 g/mol. The van der Waals surface area contributed by atoms with Gasteiger partial charge in [0.05, 0.1) is 14.2 Å². The largest absolute Gasteiger partial charge is 0.493 e. The van der Waals surface area contributed by atoms with Crippen LogP contribution in [0, 0.1) is 5.92 Å². The molecule has 22 heavy (non-hydrogen) atoms. The highest BCUT2D eigenvalue weighted by Crippen LogP contribution is 2.54. The smallest absolute Gasteiger partial charge is 0.165 e. The van der Waals surface area contributed by atoms with Crippen molar-refractivity contribution in [2.24, 2.45) is 5.92 Å². The summed E-state index contributed by atoms with van der Waals surface area (Å²) in [7, 11) is 3.41. The fourth-order valence-electron chi connectivity index (χ4n) is 3.56. The van der Waals surface area contributed by atoms with Gasteiger partial charge in [-0.1, -0.05) is 18.9 Å². The van der Waals surface area contributed by atoms with Crippen LogP contribution in [-0.2, 0) is 0 Å². The molecule has 0 N–H and O–H groups in total. The molecule has 1 unspecified atom stereocenters. The van der Waals surface area contributed by atoms with E-state index in [0.717, 1.165) is 23.8 Å². The molecule has 0 radical (unpaired) electrons. The average molecular weight is 339 g/mol. The molecule has 1 saturated carbocycles. The molecule has 0 spiro atoms. The van der Waals surface area contributed by atoms with Gasteiger partial charge in [0.1, 0.15) is 0 Å². The second-order valence-electron chi connectivity index (χ2n) is 5.92. The normalized spacial score (nSPS) is 21.4. The fourth-order valence-corrected chi connectivity index (χ4v) is 5.46. The summed E-state index contributed by atoms with van der Waals surface area (Å²) < 4.78 is 11.1. The zero-order valence-electron chi connectivity index (χ0n) is 13.2. The van der Waals surface area contributed by atoms with E-state index in [9.17, 15) is 0 Å². The molecule has 2 nitrogen and oxygen atoms in total. The molecule has 1 aliphatic carbocycles. The molecule has 4 heteroatoms. The topological polar surface area (TPSA) is 18.5 Å². The van der Waals surface area contributed by atoms with Crippen molar-refractivity contribution in [1.29, 1.82) is 0 Å². The fraction of sp³-hybridized carbons (Fsp3) is 0.556. The maximum atomic E-state index is 6.07. The molecular formula is C18H23ClO2S. The van der Waals surface area contributed by atoms with E-state index in [1.807, 2.05) is 17.8 Å². The Bertz CT molecular complexity index is 564. The van der Waals surface area contributed by atoms with Crippen LogP contribution in [0.2, 0.25) is 0 Å². The van der Waals surface area contributed by atoms with Gasteiger partial charge in [-0.15, -0.1) is 23.4 Å². The molecule has 2 aliphatic rings. The third-order valence-electron chi connectivity index (χ3n) is 4.64. The first-order chi connectivity index (χ1) is 10.8. The van der Waals surface area contributed by atoms with Gasteiger partial charge in [0, 0.05) is 16.7 Å². The minimum atomic E-state index is 0.359. The number of benzene rings is 1. The molecule has 1 atom stereocenters. The van der Waals surface area contributed by atoms with E-state index in [2.05, 4.69) is 12.1 Å². The van der Waals surface area contributed by atoms with Crippen LogP contribution < -0.4 is 9.47 Å². The molecule has 120 valence electrons. The number of thioether (sulfide) groups is 1. The van der Waals surface area contributed by atoms with Gasteiger partial charge in [-0.05, 0) is 47.8 Å². The number of rotatable bonds is 5. The van der Waals surface area contributed by atoms with Crippen molar-refractivity contribution < 1.29 is 9.47 Å². The van der Waals surface area contributed by atoms with Crippen LogP contribution in [0.3, 0.4) is 0 Å². The van der Waals surface area contributed by atoms with Gasteiger partial charge in [-0.3, -0.25) is 0 Å². The summed E-state index contributed by atoms with van der Waals surface area (Å²) in [4.78, 5) is 1.53. The van der Waals surface area contributed by atoms with Crippen LogP contribution in [0.1, 0.15) is 48.5 Å². The molecule has 1 aromatic carbocycles. The zero-order valence-corrected chi connectivity index (χ0v) is 14.8. The third-order valence-corrected chi connectivity index (χ3v) is 6.34. The summed E-state index contributed by atoms with van der Waals surface area (Å²) in [6.07, 6.45) is 8.70. The van der Waals surface area contributed by atoms with Gasteiger partial charge in [0.2, 0.25) is 0 Å². The van der Waals surface area contributed by atoms with Gasteiger partial charge in [0.15, 0.2) is 11.5 Å². The zero-order chi connectivity index (χ0) is 15.5. The van der Waals surface area contributed by atoms with Gasteiger partial charge in [-0.2, -0.15) is 0 Å². The molecule has 0 aromatic heterocycles. The summed E-state index contributed by atoms with van der Waals surface area (Å²) in [6.45, 7) is 0. The first kappa shape index (κ1) is 16.1. The van der Waals surface area contributed by atoms with Gasteiger partial charge >= 0.3 is 0 Å². The monoisotopic (exact) mass is 338 g/mol. The van der Waals surface area contributed by atoms with Crippen molar-refractivity contribution >= 4 is 29.4 Å². The van der Waals surface area contributed by atoms with Crippen molar-refractivity contribution in [2.75, 3.05) is 20.1 Å². The molecule has 0 bridgehead atoms. The van der Waals surface area contributed by atoms with Gasteiger partial charge in [0.25, 0.3) is 0 Å². The summed E-state index contributed by atoms with van der Waals surface area (Å²) in [5.41, 5.74) is 2.52. The molecule has 1 aliphatic heterocycles. The Hall–Kier alpha value is -0.800. The van der Waals surface area contributed by atoms with Crippen molar-refractivity contribution in [2.45, 2.75) is 37.4 Å². The minimum absolute atomic E-state index is 0.359. The lowest BCUT2D eigenvalue weighted by Gasteiger charge is -2.29. The number of ether oxygens (including phenoxy) is 2. The Morgan fingerprint density at radius 2 is 1.95 bits per heavy atom. The Morgan fingerprint density at radius 3 is 2.59 bits per heavy atom. The minimum Gasteiger partial charge on any atom is -0.493 e. The molecule has 1 fully saturated rings. The Morgan fingerprint density at radius 1 is 1.18 bits per heavy atom. The van der Waals surface area contributed by atoms with E-state index in [1.165, 1.54) is 41.7 Å². The highest BCUT2D eigenvalue weighted by Gasteiger charge is 2.31. The molecule has 1 aromatic rings. The predicted octanol–water partition coefficient (Wildman–Crippen LogP) is 5.65. The van der Waals surface area contributed by atoms with Crippen LogP contribution in [0.15, 0.2) is 17.0 Å². The lowest BCUT2D eigenvalue weighted by Crippen LogP contribution is -2.10. The Balaban J connectivity index is 2.05. The number of halogens is 1. The quantitative estimate of drug-likeness (QED) is 0.646. The van der Waals surface area contributed by atoms with E-state index in [1.54, 1.807) is 14.2 Å². The maximum absolute atomic E-state index is 6.07. The molecule has 0 amide bonds. The van der Waals surface area contributed by atoms with Crippen molar-refractivity contribution in [1.82, 2.24) is 0 Å². The van der Waals surface area contributed by atoms with Crippen molar-refractivity contribution in [3.8, 4) is 11.5 Å². The highest BCUT2D eigenvalue weighted by atomic mass is 35.5. The van der Waals surface area contributed by atoms with E-state index in [4.69, 9.17) is 21.1 Å². The summed E-state index contributed by atoms with van der Waals surface area (Å²) in [5.74, 6) is 3.07. The predicted molar refractivity (Wildman–Crippen MR) is 95.2 cm³/mol. The van der Waals surface area contributed by atoms with Crippen LogP contribution >= 0.6 is 23.4 Å². The van der Waals surface area contributed by atoms with E-state index in [0.29, 0.717) is 11.1 Å². The lowest BCUT2D eigenvalue weighted by atomic mass is 9.97. The number of methoxy groups -OCH3 is 2. The number of allylic oxidation sites excluding steroid dienone is 1. The van der Waals surface area contributed by atoms with Crippen LogP contribution in [0.5, 0.6) is 11.5 Å². The summed E-state index contributed by atoms with van der Waals surface area (Å²) in [5, 5.41) is 0.359. The highest BCUT2D eigenvalue weighted by molar-refractivity contribution is 8.03. The molecule has 1 heterocycles. The molecule has 3 rings (SSSR count). The lowest BCUT2D eigenvalue weighted by molar-refractivity contribution is 0.351. The first-order valence-electron chi connectivity index (χ1n) is 7.97. The second kappa shape index (κ2) is 7.18. The van der Waals surface area contributed by atoms with Crippen LogP contribution in [0.25, 0.3) is 6.08 Å². The Kier molecular flexibility index (Phi) is 5.25. The summed E-state index contributed by atoms with van der Waals surface area (Å²) >= 11 is 8.06. The van der Waals surface area contributed by atoms with Gasteiger partial charge in [-0.25, -0.2) is 0 Å². The number of hydrogen-bond donors (Lipinski definition) is 0. The summed E-state index contributed by atoms with van der Waals surface area (Å²) in [6, 6.07) is 4.17. The average Bonchev–Trinajstić information content (AvgIpc) is 3.08. The van der Waals surface area contributed by atoms with Crippen molar-refractivity contribution in [3.05, 3.63) is 28.2 Å². The number of alkyl halides is 1. The number of fused-ring (bicyclic) bond motifs is 1. The molecule has 0 saturated heterocycles. The van der Waals surface area contributed by atoms with E-state index >= 15 is 0 Å². The van der Waals surface area contributed by atoms with Crippen LogP contribution in [-0.4, -0.2) is 20.1 Å². The van der Waals surface area contributed by atoms with E-state index < -0.39 is 0 Å². The van der Waals surface area contributed by atoms with Gasteiger partial charge < -0.3 is 9.47 Å².